The van der Waals surface area contributed by atoms with Gasteiger partial charge >= 0.3 is 0 Å². The number of hydrogen-bond acceptors (Lipinski definition) is 3. The summed E-state index contributed by atoms with van der Waals surface area (Å²) >= 11 is 0. The Labute approximate surface area is 157 Å². The van der Waals surface area contributed by atoms with Crippen molar-refractivity contribution in [2.24, 2.45) is 0 Å². The van der Waals surface area contributed by atoms with Gasteiger partial charge in [-0.15, -0.1) is 0 Å². The van der Waals surface area contributed by atoms with Crippen molar-refractivity contribution in [2.75, 3.05) is 23.3 Å². The molecule has 2 amide bonds. The van der Waals surface area contributed by atoms with E-state index in [-0.39, 0.29) is 17.6 Å². The Morgan fingerprint density at radius 1 is 1.11 bits per heavy atom. The smallest absolute Gasteiger partial charge is 0.255 e. The quantitative estimate of drug-likeness (QED) is 0.854. The van der Waals surface area contributed by atoms with E-state index in [0.29, 0.717) is 18.2 Å². The molecule has 0 saturated heterocycles. The SMILES string of the molecule is O=C(CN1CCCc2c(NC(=O)c3ccc(F)cc3)cccc21)NC1CC1. The number of halogens is 1. The van der Waals surface area contributed by atoms with Crippen LogP contribution in [0, 0.1) is 5.82 Å². The fourth-order valence-corrected chi connectivity index (χ4v) is 3.45. The molecule has 2 aromatic carbocycles. The van der Waals surface area contributed by atoms with Crippen molar-refractivity contribution in [2.45, 2.75) is 31.7 Å². The predicted octanol–water partition coefficient (Wildman–Crippen LogP) is 3.11. The Bertz CT molecular complexity index is 862. The van der Waals surface area contributed by atoms with E-state index >= 15 is 0 Å². The minimum Gasteiger partial charge on any atom is -0.362 e. The largest absolute Gasteiger partial charge is 0.362 e. The predicted molar refractivity (Wildman–Crippen MR) is 102 cm³/mol. The normalized spacial score (nSPS) is 15.8. The lowest BCUT2D eigenvalue weighted by Crippen LogP contribution is -2.40. The molecule has 0 bridgehead atoms. The Morgan fingerprint density at radius 3 is 2.63 bits per heavy atom. The summed E-state index contributed by atoms with van der Waals surface area (Å²) in [5.74, 6) is -0.596. The molecule has 2 N–H and O–H groups in total. The standard InChI is InChI=1S/C21H22FN3O2/c22-15-8-6-14(7-9-15)21(27)24-18-4-1-5-19-17(18)3-2-12-25(19)13-20(26)23-16-10-11-16/h1,4-9,16H,2-3,10-13H2,(H,23,26)(H,24,27). The van der Waals surface area contributed by atoms with Gasteiger partial charge in [-0.2, -0.15) is 0 Å². The van der Waals surface area contributed by atoms with E-state index in [1.165, 1.54) is 24.3 Å². The Kier molecular flexibility index (Phi) is 4.79. The van der Waals surface area contributed by atoms with Gasteiger partial charge in [-0.1, -0.05) is 6.07 Å². The van der Waals surface area contributed by atoms with Gasteiger partial charge in [0.05, 0.1) is 6.54 Å². The van der Waals surface area contributed by atoms with Crippen LogP contribution in [0.15, 0.2) is 42.5 Å². The van der Waals surface area contributed by atoms with E-state index in [2.05, 4.69) is 15.5 Å². The number of nitrogens with zero attached hydrogens (tertiary/aromatic N) is 1. The summed E-state index contributed by atoms with van der Waals surface area (Å²) in [4.78, 5) is 26.8. The molecule has 140 valence electrons. The highest BCUT2D eigenvalue weighted by molar-refractivity contribution is 6.05. The summed E-state index contributed by atoms with van der Waals surface area (Å²) in [6, 6.07) is 11.6. The zero-order valence-electron chi connectivity index (χ0n) is 15.0. The molecule has 1 heterocycles. The van der Waals surface area contributed by atoms with Gasteiger partial charge < -0.3 is 15.5 Å². The van der Waals surface area contributed by atoms with E-state index in [1.807, 2.05) is 18.2 Å². The van der Waals surface area contributed by atoms with Crippen LogP contribution in [0.1, 0.15) is 35.2 Å². The molecule has 27 heavy (non-hydrogen) atoms. The molecule has 2 aromatic rings. The lowest BCUT2D eigenvalue weighted by Gasteiger charge is -2.32. The number of benzene rings is 2. The van der Waals surface area contributed by atoms with Gasteiger partial charge in [-0.05, 0) is 67.6 Å². The Morgan fingerprint density at radius 2 is 1.89 bits per heavy atom. The first kappa shape index (κ1) is 17.5. The summed E-state index contributed by atoms with van der Waals surface area (Å²) in [6.45, 7) is 1.15. The van der Waals surface area contributed by atoms with Crippen LogP contribution in [0.5, 0.6) is 0 Å². The third-order valence-electron chi connectivity index (χ3n) is 4.98. The first-order chi connectivity index (χ1) is 13.1. The fourth-order valence-electron chi connectivity index (χ4n) is 3.45. The van der Waals surface area contributed by atoms with Crippen molar-refractivity contribution in [1.82, 2.24) is 5.32 Å². The molecule has 2 aliphatic rings. The van der Waals surface area contributed by atoms with Gasteiger partial charge in [0.15, 0.2) is 0 Å². The van der Waals surface area contributed by atoms with Crippen LogP contribution in [-0.2, 0) is 11.2 Å². The molecule has 6 heteroatoms. The van der Waals surface area contributed by atoms with E-state index in [0.717, 1.165) is 49.2 Å². The highest BCUT2D eigenvalue weighted by Crippen LogP contribution is 2.33. The van der Waals surface area contributed by atoms with Crippen LogP contribution >= 0.6 is 0 Å². The van der Waals surface area contributed by atoms with Crippen LogP contribution in [0.4, 0.5) is 15.8 Å². The lowest BCUT2D eigenvalue weighted by atomic mass is 9.99. The number of amides is 2. The second kappa shape index (κ2) is 7.39. The zero-order valence-corrected chi connectivity index (χ0v) is 15.0. The average molecular weight is 367 g/mol. The maximum Gasteiger partial charge on any atom is 0.255 e. The monoisotopic (exact) mass is 367 g/mol. The lowest BCUT2D eigenvalue weighted by molar-refractivity contribution is -0.119. The van der Waals surface area contributed by atoms with Gasteiger partial charge in [-0.25, -0.2) is 4.39 Å². The second-order valence-electron chi connectivity index (χ2n) is 7.13. The topological polar surface area (TPSA) is 61.4 Å². The van der Waals surface area contributed by atoms with Crippen molar-refractivity contribution >= 4 is 23.2 Å². The number of carbonyl (C=O) groups excluding carboxylic acids is 2. The van der Waals surface area contributed by atoms with E-state index < -0.39 is 0 Å². The second-order valence-corrected chi connectivity index (χ2v) is 7.13. The fraction of sp³-hybridized carbons (Fsp3) is 0.333. The third kappa shape index (κ3) is 4.10. The summed E-state index contributed by atoms with van der Waals surface area (Å²) in [5, 5.41) is 5.96. The summed E-state index contributed by atoms with van der Waals surface area (Å²) in [5.41, 5.74) is 3.18. The first-order valence-corrected chi connectivity index (χ1v) is 9.33. The maximum absolute atomic E-state index is 13.1. The molecular formula is C21H22FN3O2. The molecule has 0 spiro atoms. The van der Waals surface area contributed by atoms with E-state index in [4.69, 9.17) is 0 Å². The molecule has 1 aliphatic heterocycles. The van der Waals surface area contributed by atoms with Crippen molar-refractivity contribution in [3.05, 3.63) is 59.4 Å². The molecule has 1 saturated carbocycles. The number of carbonyl (C=O) groups is 2. The van der Waals surface area contributed by atoms with Crippen molar-refractivity contribution in [3.8, 4) is 0 Å². The minimum absolute atomic E-state index is 0.0473. The van der Waals surface area contributed by atoms with Crippen molar-refractivity contribution in [1.29, 1.82) is 0 Å². The molecule has 0 aromatic heterocycles. The molecule has 0 radical (unpaired) electrons. The van der Waals surface area contributed by atoms with Gasteiger partial charge in [-0.3, -0.25) is 9.59 Å². The van der Waals surface area contributed by atoms with Gasteiger partial charge in [0, 0.05) is 29.5 Å². The van der Waals surface area contributed by atoms with Crippen LogP contribution in [-0.4, -0.2) is 30.9 Å². The van der Waals surface area contributed by atoms with Crippen molar-refractivity contribution in [3.63, 3.8) is 0 Å². The van der Waals surface area contributed by atoms with Crippen LogP contribution < -0.4 is 15.5 Å². The van der Waals surface area contributed by atoms with Crippen molar-refractivity contribution < 1.29 is 14.0 Å². The number of anilines is 2. The highest BCUT2D eigenvalue weighted by atomic mass is 19.1. The number of hydrogen-bond donors (Lipinski definition) is 2. The zero-order chi connectivity index (χ0) is 18.8. The van der Waals surface area contributed by atoms with Gasteiger partial charge in [0.25, 0.3) is 5.91 Å². The van der Waals surface area contributed by atoms with Crippen LogP contribution in [0.2, 0.25) is 0 Å². The van der Waals surface area contributed by atoms with Crippen LogP contribution in [0.3, 0.4) is 0 Å². The van der Waals surface area contributed by atoms with E-state index in [9.17, 15) is 14.0 Å². The van der Waals surface area contributed by atoms with E-state index in [1.54, 1.807) is 0 Å². The molecule has 4 rings (SSSR count). The summed E-state index contributed by atoms with van der Waals surface area (Å²) in [6.07, 6.45) is 3.91. The van der Waals surface area contributed by atoms with Gasteiger partial charge in [0.1, 0.15) is 5.82 Å². The summed E-state index contributed by atoms with van der Waals surface area (Å²) < 4.78 is 13.1. The number of rotatable bonds is 5. The Hall–Kier alpha value is -2.89. The minimum atomic E-state index is -0.372. The molecule has 5 nitrogen and oxygen atoms in total. The average Bonchev–Trinajstić information content (AvgIpc) is 3.47. The molecule has 1 aliphatic carbocycles. The summed E-state index contributed by atoms with van der Waals surface area (Å²) in [7, 11) is 0. The maximum atomic E-state index is 13.1. The molecule has 0 atom stereocenters. The van der Waals surface area contributed by atoms with Crippen LogP contribution in [0.25, 0.3) is 0 Å². The molecule has 0 unspecified atom stereocenters. The Balaban J connectivity index is 1.51. The van der Waals surface area contributed by atoms with Gasteiger partial charge in [0.2, 0.25) is 5.91 Å². The number of nitrogens with one attached hydrogen (secondary N) is 2. The molecule has 1 fully saturated rings. The molecular weight excluding hydrogens is 345 g/mol. The number of fused-ring (bicyclic) bond motifs is 1. The highest BCUT2D eigenvalue weighted by Gasteiger charge is 2.26. The third-order valence-corrected chi connectivity index (χ3v) is 4.98. The first-order valence-electron chi connectivity index (χ1n) is 9.33.